The number of hydrogen-bond acceptors (Lipinski definition) is 3. The standard InChI is InChI=1S/C19H24N2O2.ClH/c1-15-4-2-5-18(14-15)23-13-3-6-19(22)21-12-11-16-7-9-17(20)10-8-16;/h2,4-5,7-10,14H,3,6,11-13,20H2,1H3,(H,21,22);1H. The molecule has 0 aliphatic carbocycles. The molecule has 0 atom stereocenters. The van der Waals surface area contributed by atoms with E-state index in [1.807, 2.05) is 55.5 Å². The van der Waals surface area contributed by atoms with Gasteiger partial charge in [-0.1, -0.05) is 24.3 Å². The molecule has 3 N–H and O–H groups in total. The molecule has 5 heteroatoms. The minimum atomic E-state index is 0. The minimum absolute atomic E-state index is 0. The van der Waals surface area contributed by atoms with Crippen molar-refractivity contribution in [3.63, 3.8) is 0 Å². The van der Waals surface area contributed by atoms with Gasteiger partial charge in [-0.3, -0.25) is 4.79 Å². The molecule has 0 aromatic heterocycles. The van der Waals surface area contributed by atoms with Gasteiger partial charge in [-0.2, -0.15) is 0 Å². The lowest BCUT2D eigenvalue weighted by Gasteiger charge is -2.08. The molecule has 130 valence electrons. The van der Waals surface area contributed by atoms with Crippen LogP contribution < -0.4 is 15.8 Å². The van der Waals surface area contributed by atoms with Gasteiger partial charge >= 0.3 is 0 Å². The van der Waals surface area contributed by atoms with Crippen LogP contribution in [0.15, 0.2) is 48.5 Å². The summed E-state index contributed by atoms with van der Waals surface area (Å²) in [5.41, 5.74) is 8.73. The lowest BCUT2D eigenvalue weighted by Crippen LogP contribution is -2.25. The van der Waals surface area contributed by atoms with Gasteiger partial charge in [0.1, 0.15) is 5.75 Å². The zero-order valence-corrected chi connectivity index (χ0v) is 14.8. The average molecular weight is 349 g/mol. The van der Waals surface area contributed by atoms with E-state index in [0.717, 1.165) is 17.9 Å². The molecule has 2 aromatic rings. The summed E-state index contributed by atoms with van der Waals surface area (Å²) in [5.74, 6) is 0.919. The summed E-state index contributed by atoms with van der Waals surface area (Å²) in [6.45, 7) is 3.22. The summed E-state index contributed by atoms with van der Waals surface area (Å²) >= 11 is 0. The molecule has 0 radical (unpaired) electrons. The van der Waals surface area contributed by atoms with E-state index in [0.29, 0.717) is 26.0 Å². The largest absolute Gasteiger partial charge is 0.494 e. The van der Waals surface area contributed by atoms with Crippen LogP contribution in [0.1, 0.15) is 24.0 Å². The normalized spacial score (nSPS) is 9.88. The first-order valence-corrected chi connectivity index (χ1v) is 7.94. The van der Waals surface area contributed by atoms with E-state index in [-0.39, 0.29) is 18.3 Å². The molecular weight excluding hydrogens is 324 g/mol. The molecule has 0 saturated heterocycles. The van der Waals surface area contributed by atoms with Crippen LogP contribution in [0.3, 0.4) is 0 Å². The Hall–Kier alpha value is -2.20. The van der Waals surface area contributed by atoms with E-state index in [4.69, 9.17) is 10.5 Å². The van der Waals surface area contributed by atoms with Gasteiger partial charge in [-0.25, -0.2) is 0 Å². The molecule has 2 aromatic carbocycles. The summed E-state index contributed by atoms with van der Waals surface area (Å²) in [4.78, 5) is 11.8. The SMILES string of the molecule is Cc1cccc(OCCCC(=O)NCCc2ccc(N)cc2)c1.Cl. The first-order chi connectivity index (χ1) is 11.1. The Morgan fingerprint density at radius 1 is 1.17 bits per heavy atom. The van der Waals surface area contributed by atoms with Crippen molar-refractivity contribution in [3.8, 4) is 5.75 Å². The number of nitrogens with two attached hydrogens (primary N) is 1. The summed E-state index contributed by atoms with van der Waals surface area (Å²) in [6, 6.07) is 15.6. The number of nitrogens with one attached hydrogen (secondary N) is 1. The lowest BCUT2D eigenvalue weighted by molar-refractivity contribution is -0.121. The summed E-state index contributed by atoms with van der Waals surface area (Å²) in [6.07, 6.45) is 2.00. The second-order valence-electron chi connectivity index (χ2n) is 5.61. The third-order valence-electron chi connectivity index (χ3n) is 3.52. The van der Waals surface area contributed by atoms with Gasteiger partial charge in [0.15, 0.2) is 0 Å². The van der Waals surface area contributed by atoms with Crippen LogP contribution in [0.2, 0.25) is 0 Å². The number of rotatable bonds is 8. The van der Waals surface area contributed by atoms with Gasteiger partial charge in [0, 0.05) is 18.7 Å². The third-order valence-corrected chi connectivity index (χ3v) is 3.52. The molecule has 4 nitrogen and oxygen atoms in total. The molecule has 2 rings (SSSR count). The predicted molar refractivity (Wildman–Crippen MR) is 101 cm³/mol. The van der Waals surface area contributed by atoms with Crippen molar-refractivity contribution in [1.82, 2.24) is 5.32 Å². The third kappa shape index (κ3) is 7.38. The van der Waals surface area contributed by atoms with Crippen LogP contribution >= 0.6 is 12.4 Å². The van der Waals surface area contributed by atoms with Crippen molar-refractivity contribution < 1.29 is 9.53 Å². The van der Waals surface area contributed by atoms with Gasteiger partial charge in [0.2, 0.25) is 5.91 Å². The zero-order chi connectivity index (χ0) is 16.5. The monoisotopic (exact) mass is 348 g/mol. The maximum absolute atomic E-state index is 11.8. The number of carbonyl (C=O) groups excluding carboxylic acids is 1. The maximum Gasteiger partial charge on any atom is 0.220 e. The van der Waals surface area contributed by atoms with Crippen LogP contribution in [-0.2, 0) is 11.2 Å². The molecule has 0 aliphatic heterocycles. The van der Waals surface area contributed by atoms with E-state index < -0.39 is 0 Å². The second kappa shape index (κ2) is 10.6. The second-order valence-corrected chi connectivity index (χ2v) is 5.61. The van der Waals surface area contributed by atoms with Gasteiger partial charge in [0.25, 0.3) is 0 Å². The predicted octanol–water partition coefficient (Wildman–Crippen LogP) is 3.52. The number of carbonyl (C=O) groups is 1. The smallest absolute Gasteiger partial charge is 0.220 e. The highest BCUT2D eigenvalue weighted by molar-refractivity contribution is 5.85. The Morgan fingerprint density at radius 3 is 2.62 bits per heavy atom. The summed E-state index contributed by atoms with van der Waals surface area (Å²) in [7, 11) is 0. The Morgan fingerprint density at radius 2 is 1.92 bits per heavy atom. The molecular formula is C19H25ClN2O2. The fourth-order valence-corrected chi connectivity index (χ4v) is 2.25. The van der Waals surface area contributed by atoms with Crippen molar-refractivity contribution in [2.24, 2.45) is 0 Å². The number of amides is 1. The quantitative estimate of drug-likeness (QED) is 0.566. The number of halogens is 1. The Balaban J connectivity index is 0.00000288. The van der Waals surface area contributed by atoms with Crippen LogP contribution in [0.4, 0.5) is 5.69 Å². The highest BCUT2D eigenvalue weighted by atomic mass is 35.5. The number of benzene rings is 2. The van der Waals surface area contributed by atoms with Gasteiger partial charge in [0.05, 0.1) is 6.61 Å². The highest BCUT2D eigenvalue weighted by Crippen LogP contribution is 2.12. The van der Waals surface area contributed by atoms with Gasteiger partial charge in [-0.15, -0.1) is 12.4 Å². The Bertz CT molecular complexity index is 630. The van der Waals surface area contributed by atoms with Gasteiger partial charge in [-0.05, 0) is 55.2 Å². The van der Waals surface area contributed by atoms with Crippen molar-refractivity contribution in [1.29, 1.82) is 0 Å². The number of hydrogen-bond donors (Lipinski definition) is 2. The lowest BCUT2D eigenvalue weighted by atomic mass is 10.1. The van der Waals surface area contributed by atoms with Crippen LogP contribution in [0, 0.1) is 6.92 Å². The molecule has 0 spiro atoms. The van der Waals surface area contributed by atoms with Crippen LogP contribution in [0.25, 0.3) is 0 Å². The first kappa shape index (κ1) is 19.8. The fraction of sp³-hybridized carbons (Fsp3) is 0.316. The maximum atomic E-state index is 11.8. The molecule has 0 heterocycles. The minimum Gasteiger partial charge on any atom is -0.494 e. The number of ether oxygens (including phenoxy) is 1. The van der Waals surface area contributed by atoms with E-state index in [9.17, 15) is 4.79 Å². The topological polar surface area (TPSA) is 64.3 Å². The van der Waals surface area contributed by atoms with E-state index in [1.165, 1.54) is 11.1 Å². The highest BCUT2D eigenvalue weighted by Gasteiger charge is 2.02. The molecule has 1 amide bonds. The Labute approximate surface area is 149 Å². The molecule has 0 aliphatic rings. The summed E-state index contributed by atoms with van der Waals surface area (Å²) < 4.78 is 5.63. The van der Waals surface area contributed by atoms with Crippen molar-refractivity contribution in [2.75, 3.05) is 18.9 Å². The van der Waals surface area contributed by atoms with Crippen molar-refractivity contribution >= 4 is 24.0 Å². The Kier molecular flexibility index (Phi) is 8.72. The molecule has 0 fully saturated rings. The fourth-order valence-electron chi connectivity index (χ4n) is 2.25. The number of anilines is 1. The van der Waals surface area contributed by atoms with Crippen molar-refractivity contribution in [3.05, 3.63) is 59.7 Å². The van der Waals surface area contributed by atoms with Crippen LogP contribution in [-0.4, -0.2) is 19.1 Å². The van der Waals surface area contributed by atoms with E-state index in [1.54, 1.807) is 0 Å². The van der Waals surface area contributed by atoms with Crippen LogP contribution in [0.5, 0.6) is 5.75 Å². The van der Waals surface area contributed by atoms with E-state index in [2.05, 4.69) is 5.32 Å². The van der Waals surface area contributed by atoms with Gasteiger partial charge < -0.3 is 15.8 Å². The zero-order valence-electron chi connectivity index (χ0n) is 14.0. The molecule has 24 heavy (non-hydrogen) atoms. The average Bonchev–Trinajstić information content (AvgIpc) is 2.54. The number of nitrogen functional groups attached to an aromatic ring is 1. The van der Waals surface area contributed by atoms with Crippen molar-refractivity contribution in [2.45, 2.75) is 26.2 Å². The molecule has 0 saturated carbocycles. The van der Waals surface area contributed by atoms with E-state index >= 15 is 0 Å². The number of aryl methyl sites for hydroxylation is 1. The molecule has 0 unspecified atom stereocenters. The first-order valence-electron chi connectivity index (χ1n) is 7.94. The summed E-state index contributed by atoms with van der Waals surface area (Å²) in [5, 5.41) is 2.93. The molecule has 0 bridgehead atoms.